The Morgan fingerprint density at radius 1 is 1.48 bits per heavy atom. The maximum absolute atomic E-state index is 14.0. The number of nitrogens with zero attached hydrogens (tertiary/aromatic N) is 3. The van der Waals surface area contributed by atoms with Crippen LogP contribution >= 0.6 is 11.6 Å². The molecule has 6 nitrogen and oxygen atoms in total. The van der Waals surface area contributed by atoms with Gasteiger partial charge in [0.25, 0.3) is 5.91 Å². The molecule has 1 amide bonds. The molecule has 23 heavy (non-hydrogen) atoms. The SMILES string of the molecule is CC(C)C(CCO)NC(=O)c1cn(-c2cccc(Cl)c2F)nn1. The predicted molar refractivity (Wildman–Crippen MR) is 84.1 cm³/mol. The molecule has 0 radical (unpaired) electrons. The van der Waals surface area contributed by atoms with Gasteiger partial charge in [-0.2, -0.15) is 0 Å². The van der Waals surface area contributed by atoms with E-state index in [9.17, 15) is 9.18 Å². The van der Waals surface area contributed by atoms with E-state index in [-0.39, 0.29) is 35.0 Å². The highest BCUT2D eigenvalue weighted by atomic mass is 35.5. The zero-order valence-corrected chi connectivity index (χ0v) is 13.6. The van der Waals surface area contributed by atoms with Gasteiger partial charge in [0.2, 0.25) is 0 Å². The second-order valence-electron chi connectivity index (χ2n) is 5.46. The number of amides is 1. The Hall–Kier alpha value is -1.99. The highest BCUT2D eigenvalue weighted by molar-refractivity contribution is 6.30. The fourth-order valence-corrected chi connectivity index (χ4v) is 2.28. The molecule has 0 aliphatic heterocycles. The lowest BCUT2D eigenvalue weighted by molar-refractivity contribution is 0.0911. The number of rotatable bonds is 6. The molecule has 0 saturated heterocycles. The van der Waals surface area contributed by atoms with E-state index >= 15 is 0 Å². The molecule has 124 valence electrons. The molecule has 1 heterocycles. The number of aromatic nitrogens is 3. The van der Waals surface area contributed by atoms with E-state index < -0.39 is 11.7 Å². The largest absolute Gasteiger partial charge is 0.396 e. The lowest BCUT2D eigenvalue weighted by Gasteiger charge is -2.20. The van der Waals surface area contributed by atoms with Gasteiger partial charge in [0.15, 0.2) is 11.5 Å². The van der Waals surface area contributed by atoms with E-state index in [1.54, 1.807) is 6.07 Å². The van der Waals surface area contributed by atoms with E-state index in [2.05, 4.69) is 15.6 Å². The fourth-order valence-electron chi connectivity index (χ4n) is 2.11. The van der Waals surface area contributed by atoms with Crippen molar-refractivity contribution in [1.29, 1.82) is 0 Å². The highest BCUT2D eigenvalue weighted by Gasteiger charge is 2.19. The minimum Gasteiger partial charge on any atom is -0.396 e. The third-order valence-electron chi connectivity index (χ3n) is 3.47. The van der Waals surface area contributed by atoms with Gasteiger partial charge in [0.1, 0.15) is 5.69 Å². The molecule has 1 unspecified atom stereocenters. The van der Waals surface area contributed by atoms with Crippen molar-refractivity contribution >= 4 is 17.5 Å². The van der Waals surface area contributed by atoms with Crippen LogP contribution in [0.2, 0.25) is 5.02 Å². The maximum Gasteiger partial charge on any atom is 0.273 e. The van der Waals surface area contributed by atoms with Crippen LogP contribution in [0, 0.1) is 11.7 Å². The second-order valence-corrected chi connectivity index (χ2v) is 5.86. The quantitative estimate of drug-likeness (QED) is 0.844. The third-order valence-corrected chi connectivity index (χ3v) is 3.76. The van der Waals surface area contributed by atoms with Gasteiger partial charge in [-0.15, -0.1) is 5.10 Å². The van der Waals surface area contributed by atoms with Gasteiger partial charge < -0.3 is 10.4 Å². The van der Waals surface area contributed by atoms with Gasteiger partial charge in [-0.25, -0.2) is 9.07 Å². The molecule has 0 aliphatic rings. The highest BCUT2D eigenvalue weighted by Crippen LogP contribution is 2.20. The number of halogens is 2. The number of carbonyl (C=O) groups is 1. The number of nitrogens with one attached hydrogen (secondary N) is 1. The van der Waals surface area contributed by atoms with E-state index in [4.69, 9.17) is 16.7 Å². The topological polar surface area (TPSA) is 80.0 Å². The summed E-state index contributed by atoms with van der Waals surface area (Å²) in [6.45, 7) is 3.86. The minimum absolute atomic E-state index is 0.0243. The molecular formula is C15H18ClFN4O2. The molecule has 2 aromatic rings. The van der Waals surface area contributed by atoms with E-state index in [1.807, 2.05) is 13.8 Å². The van der Waals surface area contributed by atoms with Crippen molar-refractivity contribution in [1.82, 2.24) is 20.3 Å². The first-order chi connectivity index (χ1) is 10.9. The third kappa shape index (κ3) is 4.05. The van der Waals surface area contributed by atoms with Crippen molar-refractivity contribution in [2.45, 2.75) is 26.3 Å². The molecule has 0 saturated carbocycles. The molecule has 1 aromatic heterocycles. The first-order valence-corrected chi connectivity index (χ1v) is 7.60. The summed E-state index contributed by atoms with van der Waals surface area (Å²) >= 11 is 5.73. The molecule has 0 fully saturated rings. The van der Waals surface area contributed by atoms with Crippen LogP contribution in [0.1, 0.15) is 30.8 Å². The second kappa shape index (κ2) is 7.52. The lowest BCUT2D eigenvalue weighted by atomic mass is 10.0. The van der Waals surface area contributed by atoms with Crippen LogP contribution < -0.4 is 5.32 Å². The van der Waals surface area contributed by atoms with Crippen molar-refractivity contribution in [2.24, 2.45) is 5.92 Å². The zero-order chi connectivity index (χ0) is 17.0. The molecule has 0 aliphatic carbocycles. The van der Waals surface area contributed by atoms with Crippen molar-refractivity contribution in [3.8, 4) is 5.69 Å². The monoisotopic (exact) mass is 340 g/mol. The van der Waals surface area contributed by atoms with Crippen LogP contribution in [0.3, 0.4) is 0 Å². The number of benzene rings is 1. The van der Waals surface area contributed by atoms with Crippen LogP contribution in [0.25, 0.3) is 5.69 Å². The average molecular weight is 341 g/mol. The summed E-state index contributed by atoms with van der Waals surface area (Å²) in [6.07, 6.45) is 1.78. The summed E-state index contributed by atoms with van der Waals surface area (Å²) in [7, 11) is 0. The molecule has 0 bridgehead atoms. The summed E-state index contributed by atoms with van der Waals surface area (Å²) in [5, 5.41) is 19.3. The Morgan fingerprint density at radius 3 is 2.87 bits per heavy atom. The molecule has 1 atom stereocenters. The number of carbonyl (C=O) groups excluding carboxylic acids is 1. The summed E-state index contributed by atoms with van der Waals surface area (Å²) in [4.78, 5) is 12.2. The maximum atomic E-state index is 14.0. The zero-order valence-electron chi connectivity index (χ0n) is 12.8. The van der Waals surface area contributed by atoms with Gasteiger partial charge in [-0.3, -0.25) is 4.79 Å². The standard InChI is InChI=1S/C15H18ClFN4O2/c1-9(2)11(6-7-22)18-15(23)12-8-21(20-19-12)13-5-3-4-10(16)14(13)17/h3-5,8-9,11,22H,6-7H2,1-2H3,(H,18,23). The summed E-state index contributed by atoms with van der Waals surface area (Å²) < 4.78 is 15.1. The molecule has 2 N–H and O–H groups in total. The smallest absolute Gasteiger partial charge is 0.273 e. The van der Waals surface area contributed by atoms with Crippen LogP contribution in [-0.2, 0) is 0 Å². The van der Waals surface area contributed by atoms with Gasteiger partial charge in [-0.1, -0.05) is 36.7 Å². The van der Waals surface area contributed by atoms with Gasteiger partial charge in [0, 0.05) is 12.6 Å². The average Bonchev–Trinajstić information content (AvgIpc) is 2.99. The Bertz CT molecular complexity index is 690. The Kier molecular flexibility index (Phi) is 5.68. The van der Waals surface area contributed by atoms with E-state index in [0.717, 1.165) is 4.68 Å². The minimum atomic E-state index is -0.633. The number of aliphatic hydroxyl groups excluding tert-OH is 1. The summed E-state index contributed by atoms with van der Waals surface area (Å²) in [6, 6.07) is 4.31. The number of hydrogen-bond donors (Lipinski definition) is 2. The first-order valence-electron chi connectivity index (χ1n) is 7.22. The van der Waals surface area contributed by atoms with Gasteiger partial charge in [0.05, 0.1) is 11.2 Å². The normalized spacial score (nSPS) is 12.4. The Balaban J connectivity index is 2.18. The van der Waals surface area contributed by atoms with Crippen LogP contribution in [0.4, 0.5) is 4.39 Å². The van der Waals surface area contributed by atoms with Crippen LogP contribution in [0.5, 0.6) is 0 Å². The van der Waals surface area contributed by atoms with Crippen molar-refractivity contribution in [2.75, 3.05) is 6.61 Å². The number of aliphatic hydroxyl groups is 1. The Morgan fingerprint density at radius 2 is 2.22 bits per heavy atom. The summed E-state index contributed by atoms with van der Waals surface area (Å²) in [5.74, 6) is -0.899. The molecule has 2 rings (SSSR count). The molecule has 8 heteroatoms. The van der Waals surface area contributed by atoms with Crippen LogP contribution in [-0.4, -0.2) is 38.7 Å². The molecule has 1 aromatic carbocycles. The Labute approximate surface area is 138 Å². The first kappa shape index (κ1) is 17.4. The van der Waals surface area contributed by atoms with Gasteiger partial charge >= 0.3 is 0 Å². The van der Waals surface area contributed by atoms with E-state index in [0.29, 0.717) is 6.42 Å². The van der Waals surface area contributed by atoms with Crippen molar-refractivity contribution < 1.29 is 14.3 Å². The van der Waals surface area contributed by atoms with Crippen LogP contribution in [0.15, 0.2) is 24.4 Å². The van der Waals surface area contributed by atoms with Crippen molar-refractivity contribution in [3.63, 3.8) is 0 Å². The lowest BCUT2D eigenvalue weighted by Crippen LogP contribution is -2.39. The summed E-state index contributed by atoms with van der Waals surface area (Å²) in [5.41, 5.74) is 0.174. The van der Waals surface area contributed by atoms with E-state index in [1.165, 1.54) is 18.3 Å². The molecule has 0 spiro atoms. The molecular weight excluding hydrogens is 323 g/mol. The number of hydrogen-bond acceptors (Lipinski definition) is 4. The fraction of sp³-hybridized carbons (Fsp3) is 0.400. The van der Waals surface area contributed by atoms with Gasteiger partial charge in [-0.05, 0) is 24.5 Å². The van der Waals surface area contributed by atoms with Crippen molar-refractivity contribution in [3.05, 3.63) is 40.9 Å². The predicted octanol–water partition coefficient (Wildman–Crippen LogP) is 2.20.